The van der Waals surface area contributed by atoms with Gasteiger partial charge in [-0.15, -0.1) is 0 Å². The molecule has 0 bridgehead atoms. The van der Waals surface area contributed by atoms with Crippen LogP contribution in [0.15, 0.2) is 48.6 Å². The molecule has 0 aromatic carbocycles. The maximum absolute atomic E-state index is 12.5. The van der Waals surface area contributed by atoms with E-state index in [2.05, 4.69) is 67.8 Å². The summed E-state index contributed by atoms with van der Waals surface area (Å²) in [5, 5.41) is 23.3. The van der Waals surface area contributed by atoms with Crippen LogP contribution in [0, 0.1) is 0 Å². The number of aliphatic hydroxyl groups excluding tert-OH is 2. The Morgan fingerprint density at radius 2 is 0.743 bits per heavy atom. The molecule has 410 valence electrons. The highest BCUT2D eigenvalue weighted by Gasteiger charge is 2.20. The molecular formula is C64H119NO5. The van der Waals surface area contributed by atoms with Crippen molar-refractivity contribution < 1.29 is 24.5 Å². The smallest absolute Gasteiger partial charge is 0.305 e. The van der Waals surface area contributed by atoms with E-state index in [9.17, 15) is 19.8 Å². The van der Waals surface area contributed by atoms with Gasteiger partial charge in [-0.1, -0.05) is 274 Å². The van der Waals surface area contributed by atoms with Crippen LogP contribution in [0.2, 0.25) is 0 Å². The van der Waals surface area contributed by atoms with Crippen LogP contribution < -0.4 is 5.32 Å². The molecule has 0 heterocycles. The Hall–Kier alpha value is -2.18. The molecule has 70 heavy (non-hydrogen) atoms. The molecule has 1 amide bonds. The first-order chi connectivity index (χ1) is 34.5. The van der Waals surface area contributed by atoms with Crippen molar-refractivity contribution in [2.24, 2.45) is 0 Å². The number of esters is 1. The van der Waals surface area contributed by atoms with Crippen LogP contribution in [0.4, 0.5) is 0 Å². The van der Waals surface area contributed by atoms with E-state index in [1.54, 1.807) is 0 Å². The topological polar surface area (TPSA) is 95.9 Å². The fourth-order valence-electron chi connectivity index (χ4n) is 9.36. The SMILES string of the molecule is CCC/C=C\C/C=C\CCCCCCCC(=O)OCCCCCCCCCCC/C=C\C/C=C\CCCCCCCCCCCC(=O)NC(CO)C(O)CCCCCCCCCCCCCCCCC. The number of aliphatic hydroxyl groups is 2. The number of ether oxygens (including phenoxy) is 1. The molecule has 6 heteroatoms. The average molecular weight is 983 g/mol. The molecule has 0 fully saturated rings. The molecular weight excluding hydrogens is 863 g/mol. The fraction of sp³-hybridized carbons (Fsp3) is 0.844. The van der Waals surface area contributed by atoms with Crippen molar-refractivity contribution in [1.29, 1.82) is 0 Å². The van der Waals surface area contributed by atoms with Crippen LogP contribution in [0.5, 0.6) is 0 Å². The predicted molar refractivity (Wildman–Crippen MR) is 306 cm³/mol. The molecule has 2 atom stereocenters. The lowest BCUT2D eigenvalue weighted by Gasteiger charge is -2.22. The second kappa shape index (κ2) is 59.4. The van der Waals surface area contributed by atoms with Crippen molar-refractivity contribution in [3.63, 3.8) is 0 Å². The molecule has 6 nitrogen and oxygen atoms in total. The van der Waals surface area contributed by atoms with E-state index in [0.717, 1.165) is 57.8 Å². The number of carbonyl (C=O) groups is 2. The molecule has 0 saturated carbocycles. The van der Waals surface area contributed by atoms with E-state index in [4.69, 9.17) is 4.74 Å². The van der Waals surface area contributed by atoms with Crippen LogP contribution in [-0.2, 0) is 14.3 Å². The normalized spacial score (nSPS) is 12.9. The Morgan fingerprint density at radius 1 is 0.400 bits per heavy atom. The summed E-state index contributed by atoms with van der Waals surface area (Å²) in [5.41, 5.74) is 0. The number of allylic oxidation sites excluding steroid dienone is 8. The van der Waals surface area contributed by atoms with Crippen LogP contribution >= 0.6 is 0 Å². The van der Waals surface area contributed by atoms with Gasteiger partial charge in [0.25, 0.3) is 0 Å². The zero-order chi connectivity index (χ0) is 50.7. The van der Waals surface area contributed by atoms with Crippen molar-refractivity contribution >= 4 is 11.9 Å². The number of amides is 1. The van der Waals surface area contributed by atoms with E-state index >= 15 is 0 Å². The van der Waals surface area contributed by atoms with Gasteiger partial charge in [0.05, 0.1) is 25.4 Å². The molecule has 0 radical (unpaired) electrons. The zero-order valence-electron chi connectivity index (χ0n) is 46.7. The van der Waals surface area contributed by atoms with Gasteiger partial charge in [0.2, 0.25) is 5.91 Å². The van der Waals surface area contributed by atoms with Gasteiger partial charge in [-0.3, -0.25) is 9.59 Å². The van der Waals surface area contributed by atoms with Crippen LogP contribution in [0.1, 0.15) is 322 Å². The number of nitrogens with one attached hydrogen (secondary N) is 1. The van der Waals surface area contributed by atoms with Gasteiger partial charge in [-0.05, 0) is 83.5 Å². The Kier molecular flexibility index (Phi) is 57.5. The van der Waals surface area contributed by atoms with Crippen molar-refractivity contribution in [1.82, 2.24) is 5.32 Å². The molecule has 0 saturated heterocycles. The number of carbonyl (C=O) groups excluding carboxylic acids is 2. The number of hydrogen-bond donors (Lipinski definition) is 3. The maximum atomic E-state index is 12.5. The molecule has 0 rings (SSSR count). The van der Waals surface area contributed by atoms with E-state index in [0.29, 0.717) is 25.9 Å². The van der Waals surface area contributed by atoms with Gasteiger partial charge in [-0.25, -0.2) is 0 Å². The van der Waals surface area contributed by atoms with E-state index in [1.165, 1.54) is 231 Å². The summed E-state index contributed by atoms with van der Waals surface area (Å²) in [7, 11) is 0. The Bertz CT molecular complexity index is 1180. The van der Waals surface area contributed by atoms with Crippen molar-refractivity contribution in [3.05, 3.63) is 48.6 Å². The van der Waals surface area contributed by atoms with Crippen LogP contribution in [0.25, 0.3) is 0 Å². The monoisotopic (exact) mass is 982 g/mol. The van der Waals surface area contributed by atoms with Crippen LogP contribution in [0.3, 0.4) is 0 Å². The Morgan fingerprint density at radius 3 is 1.14 bits per heavy atom. The highest BCUT2D eigenvalue weighted by atomic mass is 16.5. The lowest BCUT2D eigenvalue weighted by atomic mass is 10.0. The molecule has 0 aliphatic carbocycles. The summed E-state index contributed by atoms with van der Waals surface area (Å²) >= 11 is 0. The van der Waals surface area contributed by atoms with E-state index in [1.807, 2.05) is 0 Å². The Labute approximate surface area is 436 Å². The highest BCUT2D eigenvalue weighted by Crippen LogP contribution is 2.17. The lowest BCUT2D eigenvalue weighted by Crippen LogP contribution is -2.45. The second-order valence-corrected chi connectivity index (χ2v) is 21.0. The van der Waals surface area contributed by atoms with Gasteiger partial charge >= 0.3 is 5.97 Å². The zero-order valence-corrected chi connectivity index (χ0v) is 46.7. The minimum atomic E-state index is -0.669. The third kappa shape index (κ3) is 55.1. The van der Waals surface area contributed by atoms with Crippen molar-refractivity contribution in [3.8, 4) is 0 Å². The quantitative estimate of drug-likeness (QED) is 0.0321. The summed E-state index contributed by atoms with van der Waals surface area (Å²) in [4.78, 5) is 24.5. The van der Waals surface area contributed by atoms with Gasteiger partial charge in [0.1, 0.15) is 0 Å². The van der Waals surface area contributed by atoms with Gasteiger partial charge < -0.3 is 20.3 Å². The summed E-state index contributed by atoms with van der Waals surface area (Å²) in [6.07, 6.45) is 75.5. The number of unbranched alkanes of at least 4 members (excludes halogenated alkanes) is 38. The summed E-state index contributed by atoms with van der Waals surface area (Å²) in [5.74, 6) is -0.0471. The third-order valence-corrected chi connectivity index (χ3v) is 14.1. The number of rotatable bonds is 57. The Balaban J connectivity index is 3.44. The lowest BCUT2D eigenvalue weighted by molar-refractivity contribution is -0.143. The largest absolute Gasteiger partial charge is 0.466 e. The molecule has 3 N–H and O–H groups in total. The summed E-state index contributed by atoms with van der Waals surface area (Å²) < 4.78 is 5.46. The van der Waals surface area contributed by atoms with E-state index < -0.39 is 12.1 Å². The first-order valence-corrected chi connectivity index (χ1v) is 30.9. The fourth-order valence-corrected chi connectivity index (χ4v) is 9.36. The molecule has 0 aliphatic heterocycles. The maximum Gasteiger partial charge on any atom is 0.305 e. The van der Waals surface area contributed by atoms with E-state index in [-0.39, 0.29) is 18.5 Å². The number of hydrogen-bond acceptors (Lipinski definition) is 5. The molecule has 0 aromatic heterocycles. The first-order valence-electron chi connectivity index (χ1n) is 30.9. The van der Waals surface area contributed by atoms with Crippen LogP contribution in [-0.4, -0.2) is 47.4 Å². The van der Waals surface area contributed by atoms with Crippen molar-refractivity contribution in [2.75, 3.05) is 13.2 Å². The molecule has 2 unspecified atom stereocenters. The predicted octanol–water partition coefficient (Wildman–Crippen LogP) is 19.4. The molecule has 0 aromatic rings. The summed E-state index contributed by atoms with van der Waals surface area (Å²) in [6, 6.07) is -0.547. The second-order valence-electron chi connectivity index (χ2n) is 21.0. The highest BCUT2D eigenvalue weighted by molar-refractivity contribution is 5.76. The molecule has 0 aliphatic rings. The van der Waals surface area contributed by atoms with Crippen molar-refractivity contribution in [2.45, 2.75) is 334 Å². The minimum absolute atomic E-state index is 0.00669. The van der Waals surface area contributed by atoms with Gasteiger partial charge in [0, 0.05) is 12.8 Å². The molecule has 0 spiro atoms. The third-order valence-electron chi connectivity index (χ3n) is 14.1. The standard InChI is InChI=1S/C64H119NO5/c1-3-5-7-9-11-13-15-17-29-33-36-40-44-48-52-56-62(67)61(60-66)65-63(68)57-53-49-45-41-37-34-30-27-25-23-21-19-18-20-22-24-26-28-31-35-39-43-47-51-55-59-70-64(69)58-54-50-46-42-38-32-16-14-12-10-8-6-4-2/h8,10,14,16,19-22,61-62,66-67H,3-7,9,11-13,15,17-18,23-60H2,1-2H3,(H,65,68)/b10-8-,16-14-,21-19-,22-20-. The summed E-state index contributed by atoms with van der Waals surface area (Å²) in [6.45, 7) is 4.88. The first kappa shape index (κ1) is 67.8. The van der Waals surface area contributed by atoms with Gasteiger partial charge in [0.15, 0.2) is 0 Å². The minimum Gasteiger partial charge on any atom is -0.466 e. The van der Waals surface area contributed by atoms with Gasteiger partial charge in [-0.2, -0.15) is 0 Å². The average Bonchev–Trinajstić information content (AvgIpc) is 3.36.